The molecule has 0 fully saturated rings. The van der Waals surface area contributed by atoms with Crippen LogP contribution in [0.4, 0.5) is 5.69 Å². The number of aromatic carboxylic acids is 1. The summed E-state index contributed by atoms with van der Waals surface area (Å²) in [4.78, 5) is 54.6. The molecule has 0 spiro atoms. The predicted molar refractivity (Wildman–Crippen MR) is 165 cm³/mol. The minimum Gasteiger partial charge on any atom is -0.480 e. The Morgan fingerprint density at radius 3 is 2.45 bits per heavy atom. The maximum Gasteiger partial charge on any atom is 0.345 e. The van der Waals surface area contributed by atoms with E-state index in [1.807, 2.05) is 12.1 Å². The number of aliphatic carboxylic acids is 1. The van der Waals surface area contributed by atoms with Crippen LogP contribution in [0.25, 0.3) is 10.1 Å². The second-order valence-corrected chi connectivity index (χ2v) is 11.6. The molecule has 1 heterocycles. The molecule has 0 saturated carbocycles. The number of nitrogens with zero attached hydrogens (tertiary/aromatic N) is 2. The zero-order valence-electron chi connectivity index (χ0n) is 23.6. The van der Waals surface area contributed by atoms with E-state index < -0.39 is 24.5 Å². The highest BCUT2D eigenvalue weighted by Gasteiger charge is 2.27. The van der Waals surface area contributed by atoms with E-state index in [2.05, 4.69) is 4.99 Å². The van der Waals surface area contributed by atoms with Gasteiger partial charge < -0.3 is 31.3 Å². The Labute approximate surface area is 256 Å². The molecule has 1 aliphatic rings. The molecule has 1 amide bonds. The molecular formula is C32H30N4O7S. The highest BCUT2D eigenvalue weighted by atomic mass is 32.1. The highest BCUT2D eigenvalue weighted by Crippen LogP contribution is 2.37. The average Bonchev–Trinajstić information content (AvgIpc) is 3.41. The third-order valence-corrected chi connectivity index (χ3v) is 8.49. The molecule has 0 aliphatic heterocycles. The van der Waals surface area contributed by atoms with Crippen molar-refractivity contribution in [3.8, 4) is 5.75 Å². The van der Waals surface area contributed by atoms with E-state index in [-0.39, 0.29) is 35.6 Å². The van der Waals surface area contributed by atoms with Crippen LogP contribution in [0.3, 0.4) is 0 Å². The van der Waals surface area contributed by atoms with Crippen molar-refractivity contribution < 1.29 is 34.1 Å². The number of thiophene rings is 1. The SMILES string of the molecule is NC(N)=Nc1ccc(C(=O)Oc2ccc3c(c2)CCCC3CC(=O)N(CC(=O)O)Cc2ccc3sc(C(=O)O)cc3c2)cc1. The molecule has 226 valence electrons. The first-order valence-electron chi connectivity index (χ1n) is 13.9. The Bertz CT molecular complexity index is 1780. The van der Waals surface area contributed by atoms with Gasteiger partial charge in [-0.15, -0.1) is 11.3 Å². The third-order valence-electron chi connectivity index (χ3n) is 7.39. The molecule has 1 aliphatic carbocycles. The molecule has 0 bridgehead atoms. The number of fused-ring (bicyclic) bond motifs is 2. The van der Waals surface area contributed by atoms with Crippen molar-refractivity contribution >= 4 is 56.9 Å². The predicted octanol–water partition coefficient (Wildman–Crippen LogP) is 4.65. The number of benzene rings is 3. The summed E-state index contributed by atoms with van der Waals surface area (Å²) in [5.74, 6) is -2.77. The van der Waals surface area contributed by atoms with Gasteiger partial charge in [-0.2, -0.15) is 0 Å². The standard InChI is InChI=1S/C32H30N4O7S/c33-32(34)35-23-7-5-19(6-8-23)31(42)43-24-9-10-25-20(13-24)2-1-3-21(25)15-28(37)36(17-29(38)39)16-18-4-11-26-22(12-18)14-27(44-26)30(40)41/h4-14,21H,1-3,15-17H2,(H,38,39)(H,40,41)(H4,33,34,35). The van der Waals surface area contributed by atoms with E-state index in [1.165, 1.54) is 4.90 Å². The van der Waals surface area contributed by atoms with Crippen LogP contribution in [-0.4, -0.2) is 51.4 Å². The first-order chi connectivity index (χ1) is 21.0. The fourth-order valence-corrected chi connectivity index (χ4v) is 6.29. The summed E-state index contributed by atoms with van der Waals surface area (Å²) < 4.78 is 6.40. The van der Waals surface area contributed by atoms with Crippen LogP contribution in [-0.2, 0) is 22.6 Å². The van der Waals surface area contributed by atoms with Crippen molar-refractivity contribution in [3.63, 3.8) is 0 Å². The maximum atomic E-state index is 13.5. The average molecular weight is 615 g/mol. The first-order valence-corrected chi connectivity index (χ1v) is 14.7. The highest BCUT2D eigenvalue weighted by molar-refractivity contribution is 7.20. The number of carboxylic acids is 2. The Morgan fingerprint density at radius 2 is 1.75 bits per heavy atom. The summed E-state index contributed by atoms with van der Waals surface area (Å²) in [5, 5.41) is 19.5. The molecule has 0 radical (unpaired) electrons. The lowest BCUT2D eigenvalue weighted by molar-refractivity contribution is -0.145. The molecule has 1 unspecified atom stereocenters. The van der Waals surface area contributed by atoms with Gasteiger partial charge in [0.05, 0.1) is 11.3 Å². The van der Waals surface area contributed by atoms with Gasteiger partial charge in [0.1, 0.15) is 17.2 Å². The van der Waals surface area contributed by atoms with Crippen molar-refractivity contribution in [2.24, 2.45) is 16.5 Å². The van der Waals surface area contributed by atoms with Crippen molar-refractivity contribution in [2.45, 2.75) is 38.1 Å². The molecule has 11 nitrogen and oxygen atoms in total. The molecule has 4 aromatic rings. The summed E-state index contributed by atoms with van der Waals surface area (Å²) in [5.41, 5.74) is 14.3. The zero-order valence-corrected chi connectivity index (χ0v) is 24.4. The molecule has 44 heavy (non-hydrogen) atoms. The van der Waals surface area contributed by atoms with Gasteiger partial charge in [0, 0.05) is 17.7 Å². The van der Waals surface area contributed by atoms with Gasteiger partial charge in [-0.05, 0) is 102 Å². The molecule has 1 atom stereocenters. The molecule has 6 N–H and O–H groups in total. The van der Waals surface area contributed by atoms with Gasteiger partial charge in [0.2, 0.25) is 5.91 Å². The minimum absolute atomic E-state index is 0.0841. The van der Waals surface area contributed by atoms with Crippen molar-refractivity contribution in [3.05, 3.63) is 93.9 Å². The topological polar surface area (TPSA) is 186 Å². The quantitative estimate of drug-likeness (QED) is 0.0854. The smallest absolute Gasteiger partial charge is 0.345 e. The summed E-state index contributed by atoms with van der Waals surface area (Å²) in [6.07, 6.45) is 2.48. The first kappa shape index (κ1) is 30.2. The van der Waals surface area contributed by atoms with Crippen molar-refractivity contribution in [1.82, 2.24) is 4.90 Å². The van der Waals surface area contributed by atoms with E-state index in [1.54, 1.807) is 54.6 Å². The molecule has 1 aromatic heterocycles. The lowest BCUT2D eigenvalue weighted by Gasteiger charge is -2.28. The number of carbonyl (C=O) groups excluding carboxylic acids is 2. The van der Waals surface area contributed by atoms with Gasteiger partial charge in [-0.1, -0.05) is 12.1 Å². The number of hydrogen-bond donors (Lipinski definition) is 4. The van der Waals surface area contributed by atoms with E-state index in [0.717, 1.165) is 51.8 Å². The zero-order chi connectivity index (χ0) is 31.4. The van der Waals surface area contributed by atoms with Crippen molar-refractivity contribution in [2.75, 3.05) is 6.54 Å². The number of hydrogen-bond acceptors (Lipinski definition) is 7. The number of aryl methyl sites for hydroxylation is 1. The number of carboxylic acid groups (broad SMARTS) is 2. The van der Waals surface area contributed by atoms with Crippen LogP contribution < -0.4 is 16.2 Å². The number of guanidine groups is 1. The number of esters is 1. The Hall–Kier alpha value is -5.23. The Morgan fingerprint density at radius 1 is 0.977 bits per heavy atom. The summed E-state index contributed by atoms with van der Waals surface area (Å²) in [7, 11) is 0. The normalized spacial score (nSPS) is 14.0. The van der Waals surface area contributed by atoms with E-state index in [0.29, 0.717) is 22.6 Å². The fourth-order valence-electron chi connectivity index (χ4n) is 5.41. The van der Waals surface area contributed by atoms with Gasteiger partial charge >= 0.3 is 17.9 Å². The van der Waals surface area contributed by atoms with Crippen LogP contribution >= 0.6 is 11.3 Å². The van der Waals surface area contributed by atoms with Gasteiger partial charge in [-0.3, -0.25) is 9.59 Å². The van der Waals surface area contributed by atoms with E-state index in [4.69, 9.17) is 16.2 Å². The number of ether oxygens (including phenoxy) is 1. The maximum absolute atomic E-state index is 13.5. The van der Waals surface area contributed by atoms with E-state index in [9.17, 15) is 29.4 Å². The number of rotatable bonds is 10. The van der Waals surface area contributed by atoms with Crippen LogP contribution in [0.5, 0.6) is 5.75 Å². The van der Waals surface area contributed by atoms with Gasteiger partial charge in [0.25, 0.3) is 0 Å². The van der Waals surface area contributed by atoms with E-state index >= 15 is 0 Å². The second kappa shape index (κ2) is 13.0. The van der Waals surface area contributed by atoms with Gasteiger partial charge in [-0.25, -0.2) is 14.6 Å². The second-order valence-electron chi connectivity index (χ2n) is 10.6. The van der Waals surface area contributed by atoms with Crippen molar-refractivity contribution in [1.29, 1.82) is 0 Å². The molecule has 3 aromatic carbocycles. The van der Waals surface area contributed by atoms with Crippen LogP contribution in [0.2, 0.25) is 0 Å². The molecule has 12 heteroatoms. The third kappa shape index (κ3) is 7.21. The summed E-state index contributed by atoms with van der Waals surface area (Å²) in [6.45, 7) is -0.372. The molecular weight excluding hydrogens is 584 g/mol. The lowest BCUT2D eigenvalue weighted by atomic mass is 9.80. The van der Waals surface area contributed by atoms with Crippen LogP contribution in [0.1, 0.15) is 61.9 Å². The number of amides is 1. The Balaban J connectivity index is 1.27. The number of carbonyl (C=O) groups is 4. The number of nitrogens with two attached hydrogens (primary N) is 2. The van der Waals surface area contributed by atoms with Crippen LogP contribution in [0, 0.1) is 0 Å². The van der Waals surface area contributed by atoms with Crippen LogP contribution in [0.15, 0.2) is 71.7 Å². The summed E-state index contributed by atoms with van der Waals surface area (Å²) >= 11 is 1.16. The largest absolute Gasteiger partial charge is 0.480 e. The molecule has 5 rings (SSSR count). The molecule has 0 saturated heterocycles. The number of aliphatic imine (C=N–C) groups is 1. The minimum atomic E-state index is -1.12. The summed E-state index contributed by atoms with van der Waals surface area (Å²) in [6, 6.07) is 18.7. The monoisotopic (exact) mass is 614 g/mol. The lowest BCUT2D eigenvalue weighted by Crippen LogP contribution is -2.36. The Kier molecular flexibility index (Phi) is 8.91. The van der Waals surface area contributed by atoms with Gasteiger partial charge in [0.15, 0.2) is 5.96 Å². The fraction of sp³-hybridized carbons (Fsp3) is 0.219.